The highest BCUT2D eigenvalue weighted by molar-refractivity contribution is 7.10. The minimum Gasteiger partial charge on any atom is -0.388 e. The largest absolute Gasteiger partial charge is 0.388 e. The van der Waals surface area contributed by atoms with Crippen LogP contribution in [0.15, 0.2) is 41.8 Å². The summed E-state index contributed by atoms with van der Waals surface area (Å²) in [5.74, 6) is 0. The highest BCUT2D eigenvalue weighted by atomic mass is 35.5. The van der Waals surface area contributed by atoms with Gasteiger partial charge in [0.2, 0.25) is 0 Å². The fourth-order valence-electron chi connectivity index (χ4n) is 1.54. The van der Waals surface area contributed by atoms with Crippen molar-refractivity contribution in [2.75, 3.05) is 11.9 Å². The zero-order valence-corrected chi connectivity index (χ0v) is 10.8. The van der Waals surface area contributed by atoms with Gasteiger partial charge >= 0.3 is 0 Å². The molecule has 2 aromatic rings. The maximum absolute atomic E-state index is 9.88. The maximum atomic E-state index is 9.88. The Bertz CT molecular complexity index is 441. The predicted molar refractivity (Wildman–Crippen MR) is 73.8 cm³/mol. The van der Waals surface area contributed by atoms with Crippen LogP contribution in [-0.4, -0.2) is 11.7 Å². The van der Waals surface area contributed by atoms with Gasteiger partial charge in [-0.2, -0.15) is 0 Å². The summed E-state index contributed by atoms with van der Waals surface area (Å²) in [6.45, 7) is 0.737. The summed E-state index contributed by atoms with van der Waals surface area (Å²) in [5, 5.41) is 15.8. The summed E-state index contributed by atoms with van der Waals surface area (Å²) in [6, 6.07) is 11.5. The van der Waals surface area contributed by atoms with Crippen LogP contribution < -0.4 is 5.32 Å². The fraction of sp³-hybridized carbons (Fsp3) is 0.231. The highest BCUT2D eigenvalue weighted by Crippen LogP contribution is 2.21. The van der Waals surface area contributed by atoms with Crippen LogP contribution in [0.5, 0.6) is 0 Å². The van der Waals surface area contributed by atoms with Gasteiger partial charge in [0.25, 0.3) is 0 Å². The van der Waals surface area contributed by atoms with E-state index in [0.717, 1.165) is 22.1 Å². The van der Waals surface area contributed by atoms with E-state index in [1.54, 1.807) is 11.3 Å². The Morgan fingerprint density at radius 3 is 2.65 bits per heavy atom. The average molecular weight is 268 g/mol. The molecule has 0 spiro atoms. The van der Waals surface area contributed by atoms with E-state index in [4.69, 9.17) is 11.6 Å². The minimum absolute atomic E-state index is 0.380. The van der Waals surface area contributed by atoms with Crippen molar-refractivity contribution in [3.63, 3.8) is 0 Å². The second-order valence-electron chi connectivity index (χ2n) is 3.75. The first-order chi connectivity index (χ1) is 8.25. The Balaban J connectivity index is 1.78. The second-order valence-corrected chi connectivity index (χ2v) is 5.17. The summed E-state index contributed by atoms with van der Waals surface area (Å²) >= 11 is 7.38. The Hall–Kier alpha value is -1.03. The first-order valence-electron chi connectivity index (χ1n) is 5.46. The number of halogens is 1. The topological polar surface area (TPSA) is 32.3 Å². The van der Waals surface area contributed by atoms with Crippen molar-refractivity contribution in [1.29, 1.82) is 0 Å². The summed E-state index contributed by atoms with van der Waals surface area (Å²) in [5.41, 5.74) is 1.02. The molecule has 2 rings (SSSR count). The molecule has 1 atom stereocenters. The quantitative estimate of drug-likeness (QED) is 0.860. The third-order valence-electron chi connectivity index (χ3n) is 2.46. The molecular weight excluding hydrogens is 254 g/mol. The molecule has 0 aliphatic carbocycles. The molecule has 17 heavy (non-hydrogen) atoms. The van der Waals surface area contributed by atoms with Crippen molar-refractivity contribution in [1.82, 2.24) is 0 Å². The van der Waals surface area contributed by atoms with E-state index in [0.29, 0.717) is 6.42 Å². The molecule has 0 bridgehead atoms. The summed E-state index contributed by atoms with van der Waals surface area (Å²) in [7, 11) is 0. The van der Waals surface area contributed by atoms with Gasteiger partial charge in [-0.05, 0) is 42.1 Å². The third-order valence-corrected chi connectivity index (χ3v) is 3.69. The summed E-state index contributed by atoms with van der Waals surface area (Å²) < 4.78 is 0. The summed E-state index contributed by atoms with van der Waals surface area (Å²) in [4.78, 5) is 1.02. The van der Waals surface area contributed by atoms with Crippen LogP contribution in [0.3, 0.4) is 0 Å². The van der Waals surface area contributed by atoms with Gasteiger partial charge in [-0.15, -0.1) is 11.3 Å². The number of benzene rings is 1. The molecule has 0 amide bonds. The fourth-order valence-corrected chi connectivity index (χ4v) is 2.42. The van der Waals surface area contributed by atoms with E-state index in [2.05, 4.69) is 5.32 Å². The molecule has 2 N–H and O–H groups in total. The monoisotopic (exact) mass is 267 g/mol. The predicted octanol–water partition coefficient (Wildman–Crippen LogP) is 3.94. The van der Waals surface area contributed by atoms with Crippen molar-refractivity contribution in [3.05, 3.63) is 51.7 Å². The Kier molecular flexibility index (Phi) is 4.42. The first-order valence-corrected chi connectivity index (χ1v) is 6.72. The molecule has 1 aromatic heterocycles. The van der Waals surface area contributed by atoms with Gasteiger partial charge in [0.05, 0.1) is 6.10 Å². The number of rotatable bonds is 5. The van der Waals surface area contributed by atoms with E-state index in [1.165, 1.54) is 0 Å². The van der Waals surface area contributed by atoms with Gasteiger partial charge < -0.3 is 10.4 Å². The number of nitrogens with one attached hydrogen (secondary N) is 1. The van der Waals surface area contributed by atoms with Gasteiger partial charge in [0.1, 0.15) is 0 Å². The molecule has 1 heterocycles. The smallest absolute Gasteiger partial charge is 0.0898 e. The number of anilines is 1. The van der Waals surface area contributed by atoms with Crippen LogP contribution in [-0.2, 0) is 0 Å². The van der Waals surface area contributed by atoms with Crippen molar-refractivity contribution < 1.29 is 5.11 Å². The standard InChI is InChI=1S/C13H14ClNOS/c14-10-3-5-11(6-4-10)15-8-7-12(16)13-2-1-9-17-13/h1-6,9,12,15-16H,7-8H2. The van der Waals surface area contributed by atoms with Gasteiger partial charge in [-0.3, -0.25) is 0 Å². The molecule has 0 aliphatic rings. The van der Waals surface area contributed by atoms with Crippen molar-refractivity contribution in [2.45, 2.75) is 12.5 Å². The Morgan fingerprint density at radius 2 is 2.00 bits per heavy atom. The number of aliphatic hydroxyl groups is 1. The molecule has 90 valence electrons. The average Bonchev–Trinajstić information content (AvgIpc) is 2.85. The molecule has 0 saturated carbocycles. The maximum Gasteiger partial charge on any atom is 0.0898 e. The number of hydrogen-bond acceptors (Lipinski definition) is 3. The molecule has 1 unspecified atom stereocenters. The Labute approximate surface area is 110 Å². The number of thiophene rings is 1. The number of aliphatic hydroxyl groups excluding tert-OH is 1. The highest BCUT2D eigenvalue weighted by Gasteiger charge is 2.07. The summed E-state index contributed by atoms with van der Waals surface area (Å²) in [6.07, 6.45) is 0.318. The lowest BCUT2D eigenvalue weighted by Crippen LogP contribution is -2.06. The van der Waals surface area contributed by atoms with Crippen LogP contribution in [0.2, 0.25) is 5.02 Å². The molecule has 0 aliphatic heterocycles. The van der Waals surface area contributed by atoms with E-state index in [1.807, 2.05) is 41.8 Å². The molecule has 1 aromatic carbocycles. The van der Waals surface area contributed by atoms with E-state index in [-0.39, 0.29) is 6.10 Å². The lowest BCUT2D eigenvalue weighted by atomic mass is 10.2. The first kappa shape index (κ1) is 12.4. The molecular formula is C13H14ClNOS. The van der Waals surface area contributed by atoms with Crippen molar-refractivity contribution >= 4 is 28.6 Å². The molecule has 0 saturated heterocycles. The number of hydrogen-bond donors (Lipinski definition) is 2. The molecule has 4 heteroatoms. The second kappa shape index (κ2) is 6.05. The zero-order valence-electron chi connectivity index (χ0n) is 9.27. The van der Waals surface area contributed by atoms with Crippen LogP contribution in [0.4, 0.5) is 5.69 Å². The van der Waals surface area contributed by atoms with Crippen LogP contribution in [0.1, 0.15) is 17.4 Å². The van der Waals surface area contributed by atoms with Crippen molar-refractivity contribution in [2.24, 2.45) is 0 Å². The van der Waals surface area contributed by atoms with Gasteiger partial charge in [0.15, 0.2) is 0 Å². The van der Waals surface area contributed by atoms with Gasteiger partial charge in [-0.1, -0.05) is 17.7 Å². The minimum atomic E-state index is -0.380. The van der Waals surface area contributed by atoms with E-state index >= 15 is 0 Å². The Morgan fingerprint density at radius 1 is 1.24 bits per heavy atom. The third kappa shape index (κ3) is 3.73. The molecule has 2 nitrogen and oxygen atoms in total. The van der Waals surface area contributed by atoms with Gasteiger partial charge in [-0.25, -0.2) is 0 Å². The van der Waals surface area contributed by atoms with Crippen molar-refractivity contribution in [3.8, 4) is 0 Å². The zero-order chi connectivity index (χ0) is 12.1. The van der Waals surface area contributed by atoms with Crippen LogP contribution in [0.25, 0.3) is 0 Å². The lowest BCUT2D eigenvalue weighted by Gasteiger charge is -2.10. The normalized spacial score (nSPS) is 12.4. The van der Waals surface area contributed by atoms with E-state index < -0.39 is 0 Å². The van der Waals surface area contributed by atoms with E-state index in [9.17, 15) is 5.11 Å². The van der Waals surface area contributed by atoms with Crippen LogP contribution in [0, 0.1) is 0 Å². The molecule has 0 radical (unpaired) electrons. The van der Waals surface area contributed by atoms with Crippen LogP contribution >= 0.6 is 22.9 Å². The SMILES string of the molecule is OC(CCNc1ccc(Cl)cc1)c1cccs1. The lowest BCUT2D eigenvalue weighted by molar-refractivity contribution is 0.175. The molecule has 0 fully saturated rings. The van der Waals surface area contributed by atoms with Gasteiger partial charge in [0, 0.05) is 22.1 Å².